The van der Waals surface area contributed by atoms with Gasteiger partial charge in [-0.15, -0.1) is 0 Å². The van der Waals surface area contributed by atoms with Crippen LogP contribution >= 0.6 is 0 Å². The Morgan fingerprint density at radius 1 is 1.04 bits per heavy atom. The standard InChI is InChI=1S/C19H23N3O4/c1-22(2)19(24)13-6-5-7-14(10-13)20-12-18(23)21-16-11-15(25-3)8-9-17(16)26-4/h5-11,20H,12H2,1-4H3,(H,21,23). The lowest BCUT2D eigenvalue weighted by Gasteiger charge is -2.13. The van der Waals surface area contributed by atoms with Crippen LogP contribution in [-0.2, 0) is 4.79 Å². The molecule has 7 heteroatoms. The molecule has 2 rings (SSSR count). The number of ether oxygens (including phenoxy) is 2. The van der Waals surface area contributed by atoms with E-state index in [0.29, 0.717) is 28.4 Å². The molecule has 0 saturated heterocycles. The summed E-state index contributed by atoms with van der Waals surface area (Å²) in [4.78, 5) is 25.7. The van der Waals surface area contributed by atoms with Crippen LogP contribution in [0.3, 0.4) is 0 Å². The van der Waals surface area contributed by atoms with Gasteiger partial charge < -0.3 is 25.0 Å². The third-order valence-electron chi connectivity index (χ3n) is 3.65. The zero-order chi connectivity index (χ0) is 19.1. The van der Waals surface area contributed by atoms with Gasteiger partial charge in [-0.25, -0.2) is 0 Å². The number of hydrogen-bond acceptors (Lipinski definition) is 5. The summed E-state index contributed by atoms with van der Waals surface area (Å²) in [5.74, 6) is 0.807. The second-order valence-electron chi connectivity index (χ2n) is 5.75. The summed E-state index contributed by atoms with van der Waals surface area (Å²) >= 11 is 0. The Bertz CT molecular complexity index is 790. The average molecular weight is 357 g/mol. The smallest absolute Gasteiger partial charge is 0.253 e. The summed E-state index contributed by atoms with van der Waals surface area (Å²) in [7, 11) is 6.47. The van der Waals surface area contributed by atoms with Gasteiger partial charge in [-0.3, -0.25) is 9.59 Å². The van der Waals surface area contributed by atoms with Crippen molar-refractivity contribution in [3.05, 3.63) is 48.0 Å². The van der Waals surface area contributed by atoms with Crippen molar-refractivity contribution in [1.82, 2.24) is 4.90 Å². The first-order chi connectivity index (χ1) is 12.4. The van der Waals surface area contributed by atoms with Gasteiger partial charge in [-0.2, -0.15) is 0 Å². The minimum atomic E-state index is -0.249. The Kier molecular flexibility index (Phi) is 6.43. The molecule has 0 atom stereocenters. The maximum Gasteiger partial charge on any atom is 0.253 e. The van der Waals surface area contributed by atoms with Crippen LogP contribution in [0.15, 0.2) is 42.5 Å². The summed E-state index contributed by atoms with van der Waals surface area (Å²) in [6, 6.07) is 12.2. The minimum Gasteiger partial charge on any atom is -0.497 e. The molecule has 0 fully saturated rings. The lowest BCUT2D eigenvalue weighted by Crippen LogP contribution is -2.23. The van der Waals surface area contributed by atoms with Crippen LogP contribution in [0, 0.1) is 0 Å². The number of nitrogens with zero attached hydrogens (tertiary/aromatic N) is 1. The monoisotopic (exact) mass is 357 g/mol. The fourth-order valence-electron chi connectivity index (χ4n) is 2.31. The Balaban J connectivity index is 2.01. The Hall–Kier alpha value is -3.22. The molecular weight excluding hydrogens is 334 g/mol. The van der Waals surface area contributed by atoms with E-state index in [0.717, 1.165) is 0 Å². The van der Waals surface area contributed by atoms with Crippen molar-refractivity contribution in [1.29, 1.82) is 0 Å². The zero-order valence-electron chi connectivity index (χ0n) is 15.3. The van der Waals surface area contributed by atoms with Gasteiger partial charge in [0.15, 0.2) is 0 Å². The van der Waals surface area contributed by atoms with Crippen LogP contribution in [0.1, 0.15) is 10.4 Å². The van der Waals surface area contributed by atoms with Crippen molar-refractivity contribution >= 4 is 23.2 Å². The molecule has 2 aromatic carbocycles. The van der Waals surface area contributed by atoms with Gasteiger partial charge in [0.2, 0.25) is 5.91 Å². The van der Waals surface area contributed by atoms with Gasteiger partial charge in [0, 0.05) is 31.4 Å². The number of methoxy groups -OCH3 is 2. The average Bonchev–Trinajstić information content (AvgIpc) is 2.65. The fourth-order valence-corrected chi connectivity index (χ4v) is 2.31. The maximum absolute atomic E-state index is 12.2. The van der Waals surface area contributed by atoms with E-state index >= 15 is 0 Å². The fraction of sp³-hybridized carbons (Fsp3) is 0.263. The number of rotatable bonds is 7. The quantitative estimate of drug-likeness (QED) is 0.796. The molecule has 2 aromatic rings. The SMILES string of the molecule is COc1ccc(OC)c(NC(=O)CNc2cccc(C(=O)N(C)C)c2)c1. The number of benzene rings is 2. The van der Waals surface area contributed by atoms with Gasteiger partial charge >= 0.3 is 0 Å². The van der Waals surface area contributed by atoms with Gasteiger partial charge in [0.25, 0.3) is 5.91 Å². The number of amides is 2. The van der Waals surface area contributed by atoms with Gasteiger partial charge in [-0.1, -0.05) is 6.07 Å². The second-order valence-corrected chi connectivity index (χ2v) is 5.75. The number of hydrogen-bond donors (Lipinski definition) is 2. The normalized spacial score (nSPS) is 10.0. The molecule has 0 radical (unpaired) electrons. The summed E-state index contributed by atoms with van der Waals surface area (Å²) in [5, 5.41) is 5.79. The molecule has 2 amide bonds. The Morgan fingerprint density at radius 2 is 1.81 bits per heavy atom. The first-order valence-corrected chi connectivity index (χ1v) is 8.02. The highest BCUT2D eigenvalue weighted by Crippen LogP contribution is 2.28. The van der Waals surface area contributed by atoms with Crippen molar-refractivity contribution in [2.75, 3.05) is 45.5 Å². The van der Waals surface area contributed by atoms with Gasteiger partial charge in [-0.05, 0) is 30.3 Å². The molecule has 0 heterocycles. The predicted octanol–water partition coefficient (Wildman–Crippen LogP) is 2.46. The Morgan fingerprint density at radius 3 is 2.46 bits per heavy atom. The summed E-state index contributed by atoms with van der Waals surface area (Å²) in [6.07, 6.45) is 0. The van der Waals surface area contributed by atoms with Crippen LogP contribution in [0.4, 0.5) is 11.4 Å². The Labute approximate surface area is 152 Å². The summed E-state index contributed by atoms with van der Waals surface area (Å²) in [6.45, 7) is 0.0416. The molecular formula is C19H23N3O4. The van der Waals surface area contributed by atoms with Crippen LogP contribution < -0.4 is 20.1 Å². The highest BCUT2D eigenvalue weighted by Gasteiger charge is 2.11. The van der Waals surface area contributed by atoms with Crippen LogP contribution in [0.5, 0.6) is 11.5 Å². The number of nitrogens with one attached hydrogen (secondary N) is 2. The van der Waals surface area contributed by atoms with E-state index < -0.39 is 0 Å². The summed E-state index contributed by atoms with van der Waals surface area (Å²) < 4.78 is 10.4. The van der Waals surface area contributed by atoms with Gasteiger partial charge in [0.1, 0.15) is 11.5 Å². The van der Waals surface area contributed by atoms with Crippen molar-refractivity contribution in [3.63, 3.8) is 0 Å². The number of carbonyl (C=O) groups is 2. The zero-order valence-corrected chi connectivity index (χ0v) is 15.3. The van der Waals surface area contributed by atoms with Crippen LogP contribution in [-0.4, -0.2) is 51.6 Å². The van der Waals surface area contributed by atoms with E-state index in [9.17, 15) is 9.59 Å². The van der Waals surface area contributed by atoms with E-state index in [1.54, 1.807) is 63.7 Å². The van der Waals surface area contributed by atoms with E-state index in [2.05, 4.69) is 10.6 Å². The van der Waals surface area contributed by atoms with Crippen molar-refractivity contribution < 1.29 is 19.1 Å². The highest BCUT2D eigenvalue weighted by molar-refractivity contribution is 5.96. The van der Waals surface area contributed by atoms with E-state index in [1.807, 2.05) is 0 Å². The maximum atomic E-state index is 12.2. The molecule has 0 aliphatic carbocycles. The molecule has 0 spiro atoms. The third-order valence-corrected chi connectivity index (χ3v) is 3.65. The minimum absolute atomic E-state index is 0.0416. The lowest BCUT2D eigenvalue weighted by atomic mass is 10.2. The van der Waals surface area contributed by atoms with E-state index in [1.165, 1.54) is 12.0 Å². The summed E-state index contributed by atoms with van der Waals surface area (Å²) in [5.41, 5.74) is 1.76. The van der Waals surface area contributed by atoms with E-state index in [4.69, 9.17) is 9.47 Å². The van der Waals surface area contributed by atoms with E-state index in [-0.39, 0.29) is 18.4 Å². The molecule has 0 saturated carbocycles. The lowest BCUT2D eigenvalue weighted by molar-refractivity contribution is -0.114. The topological polar surface area (TPSA) is 79.9 Å². The predicted molar refractivity (Wildman–Crippen MR) is 101 cm³/mol. The van der Waals surface area contributed by atoms with Crippen LogP contribution in [0.25, 0.3) is 0 Å². The molecule has 0 bridgehead atoms. The third kappa shape index (κ3) is 4.89. The molecule has 0 aliphatic rings. The molecule has 0 unspecified atom stereocenters. The molecule has 26 heavy (non-hydrogen) atoms. The molecule has 138 valence electrons. The molecule has 7 nitrogen and oxygen atoms in total. The first kappa shape index (κ1) is 19.1. The first-order valence-electron chi connectivity index (χ1n) is 8.02. The van der Waals surface area contributed by atoms with Crippen molar-refractivity contribution in [2.24, 2.45) is 0 Å². The molecule has 0 aliphatic heterocycles. The highest BCUT2D eigenvalue weighted by atomic mass is 16.5. The number of carbonyl (C=O) groups excluding carboxylic acids is 2. The molecule has 2 N–H and O–H groups in total. The number of anilines is 2. The van der Waals surface area contributed by atoms with Gasteiger partial charge in [0.05, 0.1) is 26.5 Å². The van der Waals surface area contributed by atoms with Crippen molar-refractivity contribution in [3.8, 4) is 11.5 Å². The molecule has 0 aromatic heterocycles. The van der Waals surface area contributed by atoms with Crippen molar-refractivity contribution in [2.45, 2.75) is 0 Å². The largest absolute Gasteiger partial charge is 0.497 e. The van der Waals surface area contributed by atoms with Crippen LogP contribution in [0.2, 0.25) is 0 Å². The second kappa shape index (κ2) is 8.75.